The van der Waals surface area contributed by atoms with Gasteiger partial charge in [-0.05, 0) is 25.2 Å². The first-order valence-corrected chi connectivity index (χ1v) is 7.93. The van der Waals surface area contributed by atoms with E-state index in [0.717, 1.165) is 0 Å². The number of carboxylic acids is 1. The van der Waals surface area contributed by atoms with Gasteiger partial charge in [0.05, 0.1) is 5.92 Å². The largest absolute Gasteiger partial charge is 0.481 e. The van der Waals surface area contributed by atoms with Crippen LogP contribution in [0.25, 0.3) is 0 Å². The molecule has 2 N–H and O–H groups in total. The zero-order valence-electron chi connectivity index (χ0n) is 10.7. The molecule has 0 bridgehead atoms. The molecule has 0 aromatic heterocycles. The highest BCUT2D eigenvalue weighted by Gasteiger charge is 2.37. The first kappa shape index (κ1) is 14.7. The van der Waals surface area contributed by atoms with E-state index in [4.69, 9.17) is 10.2 Å². The Hall–Kier alpha value is -0.700. The van der Waals surface area contributed by atoms with E-state index >= 15 is 0 Å². The molecule has 1 unspecified atom stereocenters. The second kappa shape index (κ2) is 5.74. The molecule has 1 atom stereocenters. The molecule has 0 aliphatic carbocycles. The van der Waals surface area contributed by atoms with Crippen molar-refractivity contribution in [2.75, 3.05) is 32.8 Å². The highest BCUT2D eigenvalue weighted by Crippen LogP contribution is 2.25. The predicted molar refractivity (Wildman–Crippen MR) is 67.6 cm³/mol. The summed E-state index contributed by atoms with van der Waals surface area (Å²) in [6.07, 6.45) is 1.42. The highest BCUT2D eigenvalue weighted by molar-refractivity contribution is 7.86. The first-order valence-electron chi connectivity index (χ1n) is 6.54. The second-order valence-corrected chi connectivity index (χ2v) is 7.14. The Morgan fingerprint density at radius 2 is 1.68 bits per heavy atom. The van der Waals surface area contributed by atoms with Crippen molar-refractivity contribution in [3.8, 4) is 0 Å². The van der Waals surface area contributed by atoms with Crippen LogP contribution in [0.15, 0.2) is 0 Å². The van der Waals surface area contributed by atoms with Crippen LogP contribution < -0.4 is 0 Å². The Labute approximate surface area is 113 Å². The van der Waals surface area contributed by atoms with Crippen LogP contribution in [0, 0.1) is 11.8 Å². The molecule has 7 nitrogen and oxygen atoms in total. The van der Waals surface area contributed by atoms with Crippen molar-refractivity contribution >= 4 is 16.2 Å². The third-order valence-corrected chi connectivity index (χ3v) is 5.96. The summed E-state index contributed by atoms with van der Waals surface area (Å²) in [5, 5.41) is 18.0. The number of aliphatic hydroxyl groups is 1. The lowest BCUT2D eigenvalue weighted by molar-refractivity contribution is -0.142. The molecule has 0 saturated carbocycles. The summed E-state index contributed by atoms with van der Waals surface area (Å²) in [5.74, 6) is -1.26. The molecule has 2 saturated heterocycles. The fraction of sp³-hybridized carbons (Fsp3) is 0.909. The molecule has 8 heteroatoms. The number of carbonyl (C=O) groups is 1. The van der Waals surface area contributed by atoms with Crippen molar-refractivity contribution in [1.82, 2.24) is 8.61 Å². The van der Waals surface area contributed by atoms with Gasteiger partial charge in [0.2, 0.25) is 0 Å². The van der Waals surface area contributed by atoms with Crippen molar-refractivity contribution in [3.63, 3.8) is 0 Å². The number of nitrogens with zero attached hydrogens (tertiary/aromatic N) is 2. The molecule has 2 aliphatic heterocycles. The number of aliphatic hydroxyl groups excluding tert-OH is 1. The van der Waals surface area contributed by atoms with Gasteiger partial charge < -0.3 is 10.2 Å². The molecule has 2 rings (SSSR count). The van der Waals surface area contributed by atoms with E-state index in [1.165, 1.54) is 8.61 Å². The van der Waals surface area contributed by atoms with Gasteiger partial charge in [-0.15, -0.1) is 0 Å². The molecular formula is C11H20N2O5S. The van der Waals surface area contributed by atoms with Crippen molar-refractivity contribution in [1.29, 1.82) is 0 Å². The van der Waals surface area contributed by atoms with E-state index in [0.29, 0.717) is 32.4 Å². The summed E-state index contributed by atoms with van der Waals surface area (Å²) in [4.78, 5) is 10.8. The molecule has 110 valence electrons. The van der Waals surface area contributed by atoms with E-state index in [1.807, 2.05) is 0 Å². The van der Waals surface area contributed by atoms with Crippen molar-refractivity contribution in [2.45, 2.75) is 19.3 Å². The van der Waals surface area contributed by atoms with Gasteiger partial charge in [-0.2, -0.15) is 17.0 Å². The topological polar surface area (TPSA) is 98.2 Å². The summed E-state index contributed by atoms with van der Waals surface area (Å²) >= 11 is 0. The standard InChI is InChI=1S/C11H20N2O5S/c14-8-9-1-4-13(7-9)19(17,18)12-5-2-10(3-6-12)11(15)16/h9-10,14H,1-8H2,(H,15,16). The van der Waals surface area contributed by atoms with Gasteiger partial charge in [0, 0.05) is 32.8 Å². The molecule has 0 amide bonds. The molecule has 0 radical (unpaired) electrons. The molecule has 2 fully saturated rings. The lowest BCUT2D eigenvalue weighted by atomic mass is 9.99. The summed E-state index contributed by atoms with van der Waals surface area (Å²) in [5.41, 5.74) is 0. The number of aliphatic carboxylic acids is 1. The van der Waals surface area contributed by atoms with Crippen LogP contribution >= 0.6 is 0 Å². The smallest absolute Gasteiger partial charge is 0.306 e. The third-order valence-electron chi connectivity index (χ3n) is 3.96. The van der Waals surface area contributed by atoms with E-state index in [1.54, 1.807) is 0 Å². The highest BCUT2D eigenvalue weighted by atomic mass is 32.2. The number of hydrogen-bond acceptors (Lipinski definition) is 4. The van der Waals surface area contributed by atoms with Crippen LogP contribution in [0.3, 0.4) is 0 Å². The maximum absolute atomic E-state index is 12.3. The molecular weight excluding hydrogens is 272 g/mol. The minimum absolute atomic E-state index is 0.00705. The molecule has 2 aliphatic rings. The quantitative estimate of drug-likeness (QED) is 0.717. The van der Waals surface area contributed by atoms with Crippen LogP contribution in [0.5, 0.6) is 0 Å². The zero-order chi connectivity index (χ0) is 14.0. The van der Waals surface area contributed by atoms with E-state index in [9.17, 15) is 13.2 Å². The summed E-state index contributed by atoms with van der Waals surface area (Å²) in [7, 11) is -3.49. The Kier molecular flexibility index (Phi) is 4.44. The minimum atomic E-state index is -3.49. The Morgan fingerprint density at radius 3 is 2.16 bits per heavy atom. The van der Waals surface area contributed by atoms with Gasteiger partial charge >= 0.3 is 5.97 Å². The van der Waals surface area contributed by atoms with Gasteiger partial charge in [0.1, 0.15) is 0 Å². The fourth-order valence-electron chi connectivity index (χ4n) is 2.65. The van der Waals surface area contributed by atoms with Gasteiger partial charge in [-0.25, -0.2) is 0 Å². The van der Waals surface area contributed by atoms with E-state index < -0.39 is 22.1 Å². The molecule has 0 aromatic carbocycles. The van der Waals surface area contributed by atoms with Gasteiger partial charge in [-0.3, -0.25) is 4.79 Å². The first-order chi connectivity index (χ1) is 8.95. The maximum atomic E-state index is 12.3. The average Bonchev–Trinajstić information content (AvgIpc) is 2.88. The van der Waals surface area contributed by atoms with Crippen LogP contribution in [0.4, 0.5) is 0 Å². The fourth-order valence-corrected chi connectivity index (χ4v) is 4.39. The monoisotopic (exact) mass is 292 g/mol. The molecule has 19 heavy (non-hydrogen) atoms. The van der Waals surface area contributed by atoms with Gasteiger partial charge in [0.25, 0.3) is 10.2 Å². The lowest BCUT2D eigenvalue weighted by Gasteiger charge is -2.32. The van der Waals surface area contributed by atoms with Crippen LogP contribution in [0.1, 0.15) is 19.3 Å². The Morgan fingerprint density at radius 1 is 1.11 bits per heavy atom. The number of rotatable bonds is 4. The summed E-state index contributed by atoms with van der Waals surface area (Å²) < 4.78 is 27.5. The molecule has 0 spiro atoms. The average molecular weight is 292 g/mol. The maximum Gasteiger partial charge on any atom is 0.306 e. The molecule has 0 aromatic rings. The van der Waals surface area contributed by atoms with E-state index in [-0.39, 0.29) is 25.6 Å². The SMILES string of the molecule is O=C(O)C1CCN(S(=O)(=O)N2CCC(CO)C2)CC1. The predicted octanol–water partition coefficient (Wildman–Crippen LogP) is -0.658. The van der Waals surface area contributed by atoms with E-state index in [2.05, 4.69) is 0 Å². The van der Waals surface area contributed by atoms with Crippen molar-refractivity contribution in [2.24, 2.45) is 11.8 Å². The number of carboxylic acid groups (broad SMARTS) is 1. The van der Waals surface area contributed by atoms with Crippen molar-refractivity contribution in [3.05, 3.63) is 0 Å². The second-order valence-electron chi connectivity index (χ2n) is 5.21. The number of piperidine rings is 1. The minimum Gasteiger partial charge on any atom is -0.481 e. The number of hydrogen-bond donors (Lipinski definition) is 2. The van der Waals surface area contributed by atoms with Gasteiger partial charge in [-0.1, -0.05) is 0 Å². The van der Waals surface area contributed by atoms with Crippen molar-refractivity contribution < 1.29 is 23.4 Å². The summed E-state index contributed by atoms with van der Waals surface area (Å²) in [6.45, 7) is 1.33. The van der Waals surface area contributed by atoms with Crippen LogP contribution in [-0.2, 0) is 15.0 Å². The lowest BCUT2D eigenvalue weighted by Crippen LogP contribution is -2.47. The zero-order valence-corrected chi connectivity index (χ0v) is 11.5. The van der Waals surface area contributed by atoms with Gasteiger partial charge in [0.15, 0.2) is 0 Å². The third kappa shape index (κ3) is 3.07. The Balaban J connectivity index is 1.96. The normalized spacial score (nSPS) is 27.7. The Bertz CT molecular complexity index is 430. The summed E-state index contributed by atoms with van der Waals surface area (Å²) in [6, 6.07) is 0. The van der Waals surface area contributed by atoms with Crippen LogP contribution in [0.2, 0.25) is 0 Å². The van der Waals surface area contributed by atoms with Crippen LogP contribution in [-0.4, -0.2) is 66.0 Å². The molecule has 2 heterocycles.